The van der Waals surface area contributed by atoms with Crippen molar-refractivity contribution in [3.05, 3.63) is 63.6 Å². The largest absolute Gasteiger partial charge is 0.395 e. The number of ether oxygens (including phenoxy) is 1. The number of rotatable bonds is 7. The maximum Gasteiger partial charge on any atom is 0.264 e. The van der Waals surface area contributed by atoms with E-state index in [-0.39, 0.29) is 31.4 Å². The summed E-state index contributed by atoms with van der Waals surface area (Å²) in [6.45, 7) is 7.41. The Bertz CT molecular complexity index is 1160. The molecule has 0 radical (unpaired) electrons. The highest BCUT2D eigenvalue weighted by Gasteiger charge is 2.66. The molecule has 1 fully saturated rings. The van der Waals surface area contributed by atoms with Gasteiger partial charge >= 0.3 is 0 Å². The number of aryl methyl sites for hydroxylation is 1. The van der Waals surface area contributed by atoms with Crippen molar-refractivity contribution in [1.29, 1.82) is 0 Å². The number of benzene rings is 2. The van der Waals surface area contributed by atoms with Crippen LogP contribution in [0.3, 0.4) is 0 Å². The highest BCUT2D eigenvalue weighted by Crippen LogP contribution is 2.61. The highest BCUT2D eigenvalue weighted by molar-refractivity contribution is 9.10. The van der Waals surface area contributed by atoms with E-state index in [9.17, 15) is 14.7 Å². The number of aliphatic hydroxyl groups excluding tert-OH is 1. The SMILES string of the molecule is Cc1cc(Br)c2c(c1)[C@]1(O[C@@H](CC(=O)N(CCO)Cc3ccccc3)[C@H]([Si](C)(C)F)[C@H]1C)C(=O)N2C. The number of hydrogen-bond acceptors (Lipinski definition) is 4. The maximum absolute atomic E-state index is 15.9. The second-order valence-corrected chi connectivity index (χ2v) is 15.2. The van der Waals surface area contributed by atoms with Crippen LogP contribution in [0.25, 0.3) is 0 Å². The number of likely N-dealkylation sites (N-methyl/N-ethyl adjacent to an activating group) is 1. The summed E-state index contributed by atoms with van der Waals surface area (Å²) >= 11 is 3.59. The van der Waals surface area contributed by atoms with Gasteiger partial charge in [-0.2, -0.15) is 0 Å². The molecule has 2 aliphatic heterocycles. The van der Waals surface area contributed by atoms with Gasteiger partial charge < -0.3 is 23.8 Å². The van der Waals surface area contributed by atoms with E-state index >= 15 is 4.11 Å². The van der Waals surface area contributed by atoms with Gasteiger partial charge in [0.2, 0.25) is 14.3 Å². The van der Waals surface area contributed by atoms with Crippen LogP contribution in [0.5, 0.6) is 0 Å². The van der Waals surface area contributed by atoms with E-state index < -0.39 is 31.6 Å². The Morgan fingerprint density at radius 2 is 1.94 bits per heavy atom. The molecule has 0 aromatic heterocycles. The summed E-state index contributed by atoms with van der Waals surface area (Å²) in [5, 5.41) is 9.61. The Morgan fingerprint density at radius 3 is 2.56 bits per heavy atom. The molecule has 194 valence electrons. The van der Waals surface area contributed by atoms with Crippen LogP contribution in [0, 0.1) is 12.8 Å². The standard InChI is InChI=1S/C27H34BrFN2O4Si/c1-17-13-20-24(21(28)14-17)30(3)26(34)27(20)18(2)25(36(4,5)29)22(35-27)15-23(33)31(11-12-32)16-19-9-7-6-8-10-19/h6-10,13-14,18,22,25,32H,11-12,15-16H2,1-5H3/t18-,22+,25-,27+/m1/s1. The van der Waals surface area contributed by atoms with Crippen LogP contribution in [0.4, 0.5) is 9.80 Å². The normalized spacial score (nSPS) is 25.5. The molecule has 2 aliphatic rings. The third kappa shape index (κ3) is 4.55. The molecule has 2 aromatic carbocycles. The van der Waals surface area contributed by atoms with Crippen molar-refractivity contribution >= 4 is 41.8 Å². The number of amides is 2. The van der Waals surface area contributed by atoms with Crippen molar-refractivity contribution in [1.82, 2.24) is 4.90 Å². The quantitative estimate of drug-likeness (QED) is 0.375. The van der Waals surface area contributed by atoms with Gasteiger partial charge in [0.05, 0.1) is 24.8 Å². The first-order valence-corrected chi connectivity index (χ1v) is 16.0. The number of carbonyl (C=O) groups is 2. The average Bonchev–Trinajstić information content (AvgIpc) is 3.21. The molecule has 6 nitrogen and oxygen atoms in total. The van der Waals surface area contributed by atoms with Crippen LogP contribution in [0.1, 0.15) is 30.0 Å². The summed E-state index contributed by atoms with van der Waals surface area (Å²) < 4.78 is 23.3. The van der Waals surface area contributed by atoms with Crippen molar-refractivity contribution < 1.29 is 23.5 Å². The Hall–Kier alpha value is -2.07. The highest BCUT2D eigenvalue weighted by atomic mass is 79.9. The minimum atomic E-state index is -3.37. The van der Waals surface area contributed by atoms with E-state index in [4.69, 9.17) is 4.74 Å². The lowest BCUT2D eigenvalue weighted by Gasteiger charge is -2.31. The summed E-state index contributed by atoms with van der Waals surface area (Å²) in [6.07, 6.45) is -0.804. The molecule has 2 aromatic rings. The number of anilines is 1. The van der Waals surface area contributed by atoms with Crippen molar-refractivity contribution in [2.45, 2.75) is 57.2 Å². The minimum absolute atomic E-state index is 0.0523. The van der Waals surface area contributed by atoms with E-state index in [0.29, 0.717) is 6.54 Å². The van der Waals surface area contributed by atoms with Crippen LogP contribution in [-0.4, -0.2) is 56.5 Å². The molecule has 1 spiro atoms. The number of halogens is 2. The smallest absolute Gasteiger partial charge is 0.264 e. The summed E-state index contributed by atoms with van der Waals surface area (Å²) in [7, 11) is -1.66. The van der Waals surface area contributed by atoms with Gasteiger partial charge in [0.15, 0.2) is 5.60 Å². The molecule has 0 bridgehead atoms. The summed E-state index contributed by atoms with van der Waals surface area (Å²) in [5.74, 6) is -0.909. The Morgan fingerprint density at radius 1 is 1.28 bits per heavy atom. The van der Waals surface area contributed by atoms with Crippen LogP contribution in [0.15, 0.2) is 46.9 Å². The van der Waals surface area contributed by atoms with Gasteiger partial charge in [-0.1, -0.05) is 43.3 Å². The van der Waals surface area contributed by atoms with Crippen LogP contribution in [0.2, 0.25) is 18.6 Å². The minimum Gasteiger partial charge on any atom is -0.395 e. The van der Waals surface area contributed by atoms with E-state index in [0.717, 1.165) is 26.9 Å². The van der Waals surface area contributed by atoms with Gasteiger partial charge in [-0.05, 0) is 53.1 Å². The fourth-order valence-corrected chi connectivity index (χ4v) is 9.43. The Balaban J connectivity index is 1.71. The lowest BCUT2D eigenvalue weighted by molar-refractivity contribution is -0.149. The van der Waals surface area contributed by atoms with E-state index in [1.54, 1.807) is 29.9 Å². The first-order chi connectivity index (χ1) is 16.9. The predicted molar refractivity (Wildman–Crippen MR) is 144 cm³/mol. The number of carbonyl (C=O) groups excluding carboxylic acids is 2. The van der Waals surface area contributed by atoms with Gasteiger partial charge in [-0.3, -0.25) is 9.59 Å². The average molecular weight is 578 g/mol. The topological polar surface area (TPSA) is 70.1 Å². The van der Waals surface area contributed by atoms with Crippen LogP contribution < -0.4 is 4.90 Å². The Kier molecular flexibility index (Phi) is 7.49. The fourth-order valence-electron chi connectivity index (χ4n) is 6.10. The van der Waals surface area contributed by atoms with E-state index in [1.165, 1.54) is 0 Å². The molecule has 9 heteroatoms. The summed E-state index contributed by atoms with van der Waals surface area (Å²) in [6, 6.07) is 13.4. The van der Waals surface area contributed by atoms with Crippen molar-refractivity contribution in [2.75, 3.05) is 25.1 Å². The second kappa shape index (κ2) is 10.0. The molecule has 4 rings (SSSR count). The molecule has 2 heterocycles. The number of aliphatic hydroxyl groups is 1. The first-order valence-electron chi connectivity index (χ1n) is 12.3. The van der Waals surface area contributed by atoms with Crippen molar-refractivity contribution in [3.63, 3.8) is 0 Å². The van der Waals surface area contributed by atoms with Crippen molar-refractivity contribution in [3.8, 4) is 0 Å². The molecular formula is C27H34BrFN2O4Si. The molecule has 2 amide bonds. The molecule has 1 N–H and O–H groups in total. The van der Waals surface area contributed by atoms with Gasteiger partial charge in [0.25, 0.3) is 5.91 Å². The molecule has 4 atom stereocenters. The first kappa shape index (κ1) is 27.0. The van der Waals surface area contributed by atoms with Crippen LogP contribution in [-0.2, 0) is 26.5 Å². The second-order valence-electron chi connectivity index (χ2n) is 10.5. The van der Waals surface area contributed by atoms with Gasteiger partial charge in [-0.15, -0.1) is 0 Å². The zero-order chi connectivity index (χ0) is 26.4. The monoisotopic (exact) mass is 576 g/mol. The fraction of sp³-hybridized carbons (Fsp3) is 0.481. The number of nitrogens with zero attached hydrogens (tertiary/aromatic N) is 2. The van der Waals surface area contributed by atoms with Crippen molar-refractivity contribution in [2.24, 2.45) is 5.92 Å². The zero-order valence-corrected chi connectivity index (χ0v) is 24.0. The summed E-state index contributed by atoms with van der Waals surface area (Å²) in [5.41, 5.74) is 1.46. The third-order valence-corrected chi connectivity index (χ3v) is 10.7. The number of fused-ring (bicyclic) bond motifs is 2. The number of hydrogen-bond donors (Lipinski definition) is 1. The van der Waals surface area contributed by atoms with E-state index in [2.05, 4.69) is 15.9 Å². The molecule has 1 saturated heterocycles. The van der Waals surface area contributed by atoms with Crippen LogP contribution >= 0.6 is 15.9 Å². The Labute approximate surface area is 221 Å². The van der Waals surface area contributed by atoms with Gasteiger partial charge in [0, 0.05) is 41.6 Å². The lowest BCUT2D eigenvalue weighted by atomic mass is 9.82. The molecule has 0 aliphatic carbocycles. The molecular weight excluding hydrogens is 543 g/mol. The predicted octanol–water partition coefficient (Wildman–Crippen LogP) is 4.92. The lowest BCUT2D eigenvalue weighted by Crippen LogP contribution is -2.44. The molecule has 36 heavy (non-hydrogen) atoms. The van der Waals surface area contributed by atoms with Gasteiger partial charge in [0.1, 0.15) is 0 Å². The molecule has 0 unspecified atom stereocenters. The zero-order valence-electron chi connectivity index (χ0n) is 21.4. The van der Waals surface area contributed by atoms with E-state index in [1.807, 2.05) is 56.3 Å². The third-order valence-electron chi connectivity index (χ3n) is 7.59. The van der Waals surface area contributed by atoms with Gasteiger partial charge in [-0.25, -0.2) is 0 Å². The maximum atomic E-state index is 15.9. The summed E-state index contributed by atoms with van der Waals surface area (Å²) in [4.78, 5) is 30.4. The molecule has 0 saturated carbocycles.